The maximum absolute atomic E-state index is 12.0. The molecule has 102 valence electrons. The Labute approximate surface area is 115 Å². The van der Waals surface area contributed by atoms with Crippen LogP contribution in [0.4, 0.5) is 5.82 Å². The maximum atomic E-state index is 12.0. The van der Waals surface area contributed by atoms with E-state index < -0.39 is 11.9 Å². The molecule has 0 unspecified atom stereocenters. The second-order valence-corrected chi connectivity index (χ2v) is 4.36. The van der Waals surface area contributed by atoms with Crippen molar-refractivity contribution in [3.05, 3.63) is 53.0 Å². The summed E-state index contributed by atoms with van der Waals surface area (Å²) in [6, 6.07) is 6.34. The van der Waals surface area contributed by atoms with Gasteiger partial charge in [0.25, 0.3) is 5.91 Å². The van der Waals surface area contributed by atoms with E-state index in [-0.39, 0.29) is 11.3 Å². The number of carbonyl (C=O) groups is 2. The quantitative estimate of drug-likeness (QED) is 0.891. The normalized spacial score (nSPS) is 10.1. The predicted octanol–water partition coefficient (Wildman–Crippen LogP) is 2.04. The monoisotopic (exact) mass is 271 g/mol. The minimum atomic E-state index is -1.08. The first-order valence-electron chi connectivity index (χ1n) is 5.91. The van der Waals surface area contributed by atoms with Gasteiger partial charge in [-0.25, -0.2) is 9.78 Å². The minimum Gasteiger partial charge on any atom is -0.478 e. The molecule has 6 heteroatoms. The van der Waals surface area contributed by atoms with Crippen molar-refractivity contribution in [3.63, 3.8) is 0 Å². The van der Waals surface area contributed by atoms with Crippen LogP contribution in [-0.2, 0) is 0 Å². The van der Waals surface area contributed by atoms with E-state index in [0.29, 0.717) is 5.82 Å². The van der Waals surface area contributed by atoms with E-state index in [1.807, 2.05) is 19.9 Å². The van der Waals surface area contributed by atoms with Crippen LogP contribution >= 0.6 is 0 Å². The summed E-state index contributed by atoms with van der Waals surface area (Å²) in [5.41, 5.74) is 1.96. The molecule has 1 amide bonds. The molecule has 0 atom stereocenters. The van der Waals surface area contributed by atoms with Crippen LogP contribution in [0.3, 0.4) is 0 Å². The van der Waals surface area contributed by atoms with E-state index in [0.717, 1.165) is 17.5 Å². The number of nitrogens with zero attached hydrogens (tertiary/aromatic N) is 2. The van der Waals surface area contributed by atoms with E-state index in [2.05, 4.69) is 15.3 Å². The fourth-order valence-corrected chi connectivity index (χ4v) is 1.74. The fraction of sp³-hybridized carbons (Fsp3) is 0.143. The number of aryl methyl sites for hydroxylation is 2. The molecule has 6 nitrogen and oxygen atoms in total. The molecule has 2 heterocycles. The zero-order valence-electron chi connectivity index (χ0n) is 11.0. The van der Waals surface area contributed by atoms with Crippen molar-refractivity contribution < 1.29 is 14.7 Å². The Morgan fingerprint density at radius 1 is 1.20 bits per heavy atom. The fourth-order valence-electron chi connectivity index (χ4n) is 1.74. The third kappa shape index (κ3) is 3.17. The molecule has 20 heavy (non-hydrogen) atoms. The number of aromatic carboxylic acids is 1. The Morgan fingerprint density at radius 3 is 2.50 bits per heavy atom. The molecule has 0 saturated heterocycles. The molecule has 0 aliphatic carbocycles. The number of anilines is 1. The number of carbonyl (C=O) groups excluding carboxylic acids is 1. The number of pyridine rings is 2. The second kappa shape index (κ2) is 5.48. The minimum absolute atomic E-state index is 0.0334. The van der Waals surface area contributed by atoms with Gasteiger partial charge in [-0.05, 0) is 43.7 Å². The van der Waals surface area contributed by atoms with Crippen LogP contribution < -0.4 is 5.32 Å². The van der Waals surface area contributed by atoms with Gasteiger partial charge in [0, 0.05) is 11.9 Å². The summed E-state index contributed by atoms with van der Waals surface area (Å²) in [5, 5.41) is 11.4. The van der Waals surface area contributed by atoms with Gasteiger partial charge in [0.05, 0.1) is 5.56 Å². The SMILES string of the molecule is Cc1cc(C)nc(NC(=O)c2ccc(C(=O)O)cn2)c1. The van der Waals surface area contributed by atoms with E-state index in [1.165, 1.54) is 12.1 Å². The number of amides is 1. The van der Waals surface area contributed by atoms with Gasteiger partial charge < -0.3 is 10.4 Å². The van der Waals surface area contributed by atoms with E-state index in [1.54, 1.807) is 6.07 Å². The van der Waals surface area contributed by atoms with Crippen molar-refractivity contribution in [3.8, 4) is 0 Å². The van der Waals surface area contributed by atoms with Gasteiger partial charge in [-0.3, -0.25) is 9.78 Å². The Kier molecular flexibility index (Phi) is 3.74. The summed E-state index contributed by atoms with van der Waals surface area (Å²) in [4.78, 5) is 30.7. The Morgan fingerprint density at radius 2 is 1.95 bits per heavy atom. The molecule has 0 aromatic carbocycles. The Balaban J connectivity index is 2.17. The first kappa shape index (κ1) is 13.7. The molecule has 0 aliphatic heterocycles. The number of carboxylic acids is 1. The first-order valence-corrected chi connectivity index (χ1v) is 5.91. The molecule has 0 saturated carbocycles. The Hall–Kier alpha value is -2.76. The summed E-state index contributed by atoms with van der Waals surface area (Å²) >= 11 is 0. The second-order valence-electron chi connectivity index (χ2n) is 4.36. The van der Waals surface area contributed by atoms with Crippen LogP contribution in [0.25, 0.3) is 0 Å². The van der Waals surface area contributed by atoms with Crippen molar-refractivity contribution in [2.24, 2.45) is 0 Å². The zero-order chi connectivity index (χ0) is 14.7. The molecule has 2 aromatic heterocycles. The lowest BCUT2D eigenvalue weighted by Crippen LogP contribution is -2.15. The molecule has 0 fully saturated rings. The van der Waals surface area contributed by atoms with Crippen molar-refractivity contribution in [2.45, 2.75) is 13.8 Å². The van der Waals surface area contributed by atoms with Crippen molar-refractivity contribution >= 4 is 17.7 Å². The number of aromatic nitrogens is 2. The molecule has 2 rings (SSSR count). The Bertz CT molecular complexity index is 646. The maximum Gasteiger partial charge on any atom is 0.337 e. The highest BCUT2D eigenvalue weighted by Crippen LogP contribution is 2.10. The summed E-state index contributed by atoms with van der Waals surface area (Å²) in [6.45, 7) is 3.74. The predicted molar refractivity (Wildman–Crippen MR) is 72.9 cm³/mol. The smallest absolute Gasteiger partial charge is 0.337 e. The molecule has 0 radical (unpaired) electrons. The third-order valence-corrected chi connectivity index (χ3v) is 2.58. The van der Waals surface area contributed by atoms with Crippen LogP contribution in [-0.4, -0.2) is 27.0 Å². The van der Waals surface area contributed by atoms with Gasteiger partial charge in [-0.15, -0.1) is 0 Å². The van der Waals surface area contributed by atoms with Crippen LogP contribution in [0.5, 0.6) is 0 Å². The zero-order valence-corrected chi connectivity index (χ0v) is 11.0. The molecule has 0 aliphatic rings. The molecule has 2 aromatic rings. The highest BCUT2D eigenvalue weighted by molar-refractivity contribution is 6.02. The molecular weight excluding hydrogens is 258 g/mol. The molecule has 0 bridgehead atoms. The van der Waals surface area contributed by atoms with Crippen molar-refractivity contribution in [2.75, 3.05) is 5.32 Å². The van der Waals surface area contributed by atoms with E-state index in [4.69, 9.17) is 5.11 Å². The standard InChI is InChI=1S/C14H13N3O3/c1-8-5-9(2)16-12(6-8)17-13(18)11-4-3-10(7-15-11)14(19)20/h3-7H,1-2H3,(H,19,20)(H,16,17,18). The molecule has 2 N–H and O–H groups in total. The van der Waals surface area contributed by atoms with Crippen molar-refractivity contribution in [1.29, 1.82) is 0 Å². The average molecular weight is 271 g/mol. The van der Waals surface area contributed by atoms with Gasteiger partial charge in [-0.1, -0.05) is 0 Å². The summed E-state index contributed by atoms with van der Waals surface area (Å²) in [7, 11) is 0. The average Bonchev–Trinajstić information content (AvgIpc) is 2.37. The van der Waals surface area contributed by atoms with Crippen LogP contribution in [0.1, 0.15) is 32.1 Å². The highest BCUT2D eigenvalue weighted by Gasteiger charge is 2.10. The lowest BCUT2D eigenvalue weighted by molar-refractivity contribution is 0.0696. The largest absolute Gasteiger partial charge is 0.478 e. The van der Waals surface area contributed by atoms with Gasteiger partial charge in [-0.2, -0.15) is 0 Å². The van der Waals surface area contributed by atoms with Crippen molar-refractivity contribution in [1.82, 2.24) is 9.97 Å². The topological polar surface area (TPSA) is 92.2 Å². The summed E-state index contributed by atoms with van der Waals surface area (Å²) in [6.07, 6.45) is 1.15. The number of hydrogen-bond donors (Lipinski definition) is 2. The van der Waals surface area contributed by atoms with Gasteiger partial charge in [0.15, 0.2) is 0 Å². The number of carboxylic acid groups (broad SMARTS) is 1. The van der Waals surface area contributed by atoms with Gasteiger partial charge in [0.2, 0.25) is 0 Å². The van der Waals surface area contributed by atoms with E-state index >= 15 is 0 Å². The van der Waals surface area contributed by atoms with E-state index in [9.17, 15) is 9.59 Å². The number of nitrogens with one attached hydrogen (secondary N) is 1. The molecular formula is C14H13N3O3. The third-order valence-electron chi connectivity index (χ3n) is 2.58. The number of rotatable bonds is 3. The van der Waals surface area contributed by atoms with Gasteiger partial charge >= 0.3 is 5.97 Å². The highest BCUT2D eigenvalue weighted by atomic mass is 16.4. The summed E-state index contributed by atoms with van der Waals surface area (Å²) in [5.74, 6) is -1.07. The lowest BCUT2D eigenvalue weighted by atomic mass is 10.2. The van der Waals surface area contributed by atoms with Crippen LogP contribution in [0.2, 0.25) is 0 Å². The number of hydrogen-bond acceptors (Lipinski definition) is 4. The van der Waals surface area contributed by atoms with Crippen LogP contribution in [0, 0.1) is 13.8 Å². The van der Waals surface area contributed by atoms with Gasteiger partial charge in [0.1, 0.15) is 11.5 Å². The first-order chi connectivity index (χ1) is 9.45. The summed E-state index contributed by atoms with van der Waals surface area (Å²) < 4.78 is 0. The molecule has 0 spiro atoms. The lowest BCUT2D eigenvalue weighted by Gasteiger charge is -2.06. The van der Waals surface area contributed by atoms with Crippen LogP contribution in [0.15, 0.2) is 30.5 Å².